The van der Waals surface area contributed by atoms with Crippen LogP contribution in [-0.4, -0.2) is 46.2 Å². The van der Waals surface area contributed by atoms with Gasteiger partial charge in [-0.15, -0.1) is 0 Å². The summed E-state index contributed by atoms with van der Waals surface area (Å²) in [6.07, 6.45) is 0.348. The van der Waals surface area contributed by atoms with Gasteiger partial charge in [0, 0.05) is 13.0 Å². The van der Waals surface area contributed by atoms with Gasteiger partial charge in [0.2, 0.25) is 0 Å². The number of aryl methyl sites for hydroxylation is 1. The van der Waals surface area contributed by atoms with E-state index in [1.165, 1.54) is 12.1 Å². The van der Waals surface area contributed by atoms with Gasteiger partial charge in [0.1, 0.15) is 4.90 Å². The van der Waals surface area contributed by atoms with Gasteiger partial charge >= 0.3 is 10.1 Å². The second-order valence-electron chi connectivity index (χ2n) is 10.7. The van der Waals surface area contributed by atoms with Gasteiger partial charge in [-0.2, -0.15) is 8.42 Å². The molecule has 0 bridgehead atoms. The van der Waals surface area contributed by atoms with Crippen molar-refractivity contribution >= 4 is 29.9 Å². The van der Waals surface area contributed by atoms with Gasteiger partial charge in [-0.25, -0.2) is 0 Å². The monoisotopic (exact) mass is 499 g/mol. The first-order valence-electron chi connectivity index (χ1n) is 11.6. The fourth-order valence-corrected chi connectivity index (χ4v) is 6.56. The van der Waals surface area contributed by atoms with Crippen LogP contribution in [0.3, 0.4) is 0 Å². The number of carbonyl (C=O) groups is 1. The average molecular weight is 500 g/mol. The molecule has 2 aromatic rings. The minimum absolute atomic E-state index is 0.0309. The maximum Gasteiger partial charge on any atom is 0.338 e. The normalized spacial score (nSPS) is 21.2. The van der Waals surface area contributed by atoms with E-state index in [2.05, 4.69) is 33.9 Å². The molecular formula is C26H33NO5SSi. The second kappa shape index (κ2) is 8.66. The summed E-state index contributed by atoms with van der Waals surface area (Å²) in [5, 5.41) is 0.0309. The van der Waals surface area contributed by atoms with Gasteiger partial charge in [0.15, 0.2) is 14.1 Å². The SMILES string of the molecule is Cc1ccc(S(=O)(=O)OC2=C(c3ccccc3)C(=O)N3C[C@H](O[Si](C)(C)C(C)(C)C)C[C@@H]23)cc1. The van der Waals surface area contributed by atoms with E-state index >= 15 is 0 Å². The average Bonchev–Trinajstić information content (AvgIpc) is 3.25. The number of carbonyl (C=O) groups excluding carboxylic acids is 1. The molecule has 2 aliphatic rings. The number of fused-ring (bicyclic) bond motifs is 1. The van der Waals surface area contributed by atoms with E-state index in [-0.39, 0.29) is 27.7 Å². The number of hydrogen-bond acceptors (Lipinski definition) is 5. The van der Waals surface area contributed by atoms with Crippen LogP contribution in [0, 0.1) is 6.92 Å². The first-order chi connectivity index (χ1) is 15.8. The highest BCUT2D eigenvalue weighted by Crippen LogP contribution is 2.44. The lowest BCUT2D eigenvalue weighted by atomic mass is 10.0. The molecule has 1 amide bonds. The molecule has 2 aromatic carbocycles. The van der Waals surface area contributed by atoms with Gasteiger partial charge in [0.05, 0.1) is 17.7 Å². The van der Waals surface area contributed by atoms with Crippen LogP contribution in [0.15, 0.2) is 65.3 Å². The number of nitrogens with zero attached hydrogens (tertiary/aromatic N) is 1. The predicted octanol–water partition coefficient (Wildman–Crippen LogP) is 5.12. The van der Waals surface area contributed by atoms with Gasteiger partial charge in [-0.1, -0.05) is 68.8 Å². The van der Waals surface area contributed by atoms with Crippen LogP contribution in [0.4, 0.5) is 0 Å². The van der Waals surface area contributed by atoms with Crippen LogP contribution in [0.2, 0.25) is 18.1 Å². The van der Waals surface area contributed by atoms with Crippen molar-refractivity contribution in [1.29, 1.82) is 0 Å². The molecule has 2 heterocycles. The van der Waals surface area contributed by atoms with Crippen molar-refractivity contribution in [2.24, 2.45) is 0 Å². The van der Waals surface area contributed by atoms with Crippen molar-refractivity contribution < 1.29 is 21.8 Å². The standard InChI is InChI=1S/C26H33NO5SSi/c1-18-12-14-21(15-13-18)33(29,30)31-24-22-16-20(32-34(5,6)26(2,3)4)17-27(22)25(28)23(24)19-10-8-7-9-11-19/h7-15,20,22H,16-17H2,1-6H3/t20-,22+/m1/s1. The van der Waals surface area contributed by atoms with Crippen molar-refractivity contribution in [1.82, 2.24) is 4.90 Å². The molecule has 0 saturated carbocycles. The lowest BCUT2D eigenvalue weighted by molar-refractivity contribution is -0.124. The molecule has 34 heavy (non-hydrogen) atoms. The highest BCUT2D eigenvalue weighted by atomic mass is 32.2. The molecule has 1 fully saturated rings. The summed E-state index contributed by atoms with van der Waals surface area (Å²) in [6, 6.07) is 15.2. The van der Waals surface area contributed by atoms with Crippen molar-refractivity contribution in [3.05, 3.63) is 71.5 Å². The highest BCUT2D eigenvalue weighted by Gasteiger charge is 2.51. The second-order valence-corrected chi connectivity index (χ2v) is 17.0. The summed E-state index contributed by atoms with van der Waals surface area (Å²) >= 11 is 0. The van der Waals surface area contributed by atoms with E-state index in [1.807, 2.05) is 25.1 Å². The van der Waals surface area contributed by atoms with E-state index in [0.717, 1.165) is 5.56 Å². The third-order valence-corrected chi connectivity index (χ3v) is 12.9. The fraction of sp³-hybridized carbons (Fsp3) is 0.423. The number of amides is 1. The van der Waals surface area contributed by atoms with Gasteiger partial charge < -0.3 is 13.5 Å². The zero-order valence-corrected chi connectivity index (χ0v) is 22.5. The Kier molecular flexibility index (Phi) is 6.29. The maximum absolute atomic E-state index is 13.5. The molecule has 1 saturated heterocycles. The third kappa shape index (κ3) is 4.59. The summed E-state index contributed by atoms with van der Waals surface area (Å²) < 4.78 is 38.8. The topological polar surface area (TPSA) is 72.9 Å². The molecular weight excluding hydrogens is 466 g/mol. The summed E-state index contributed by atoms with van der Waals surface area (Å²) in [6.45, 7) is 13.2. The van der Waals surface area contributed by atoms with Crippen LogP contribution >= 0.6 is 0 Å². The molecule has 0 unspecified atom stereocenters. The van der Waals surface area contributed by atoms with Crippen LogP contribution in [0.5, 0.6) is 0 Å². The smallest absolute Gasteiger partial charge is 0.338 e. The maximum atomic E-state index is 13.5. The zero-order valence-electron chi connectivity index (χ0n) is 20.7. The largest absolute Gasteiger partial charge is 0.412 e. The minimum Gasteiger partial charge on any atom is -0.412 e. The molecule has 0 aromatic heterocycles. The minimum atomic E-state index is -4.11. The number of benzene rings is 2. The quantitative estimate of drug-likeness (QED) is 0.408. The summed E-state index contributed by atoms with van der Waals surface area (Å²) in [4.78, 5) is 15.3. The molecule has 0 N–H and O–H groups in total. The summed E-state index contributed by atoms with van der Waals surface area (Å²) in [5.74, 6) is -0.0234. The van der Waals surface area contributed by atoms with Crippen molar-refractivity contribution in [3.8, 4) is 0 Å². The Morgan fingerprint density at radius 2 is 1.62 bits per heavy atom. The first kappa shape index (κ1) is 24.7. The molecule has 0 aliphatic carbocycles. The van der Waals surface area contributed by atoms with E-state index in [4.69, 9.17) is 8.61 Å². The Bertz CT molecular complexity index is 1210. The van der Waals surface area contributed by atoms with Gasteiger partial charge in [0.25, 0.3) is 5.91 Å². The van der Waals surface area contributed by atoms with Gasteiger partial charge in [-0.3, -0.25) is 4.79 Å². The van der Waals surface area contributed by atoms with Crippen LogP contribution < -0.4 is 0 Å². The summed E-state index contributed by atoms with van der Waals surface area (Å²) in [7, 11) is -6.17. The third-order valence-electron chi connectivity index (χ3n) is 7.13. The molecule has 2 aliphatic heterocycles. The highest BCUT2D eigenvalue weighted by molar-refractivity contribution is 7.86. The molecule has 0 spiro atoms. The Hall–Kier alpha value is -2.42. The Balaban J connectivity index is 1.70. The molecule has 2 atom stereocenters. The van der Waals surface area contributed by atoms with Crippen molar-refractivity contribution in [2.75, 3.05) is 6.54 Å². The summed E-state index contributed by atoms with van der Waals surface area (Å²) in [5.41, 5.74) is 1.91. The molecule has 0 radical (unpaired) electrons. The lowest BCUT2D eigenvalue weighted by Gasteiger charge is -2.38. The van der Waals surface area contributed by atoms with E-state index < -0.39 is 24.5 Å². The fourth-order valence-electron chi connectivity index (χ4n) is 4.20. The lowest BCUT2D eigenvalue weighted by Crippen LogP contribution is -2.44. The predicted molar refractivity (Wildman–Crippen MR) is 135 cm³/mol. The van der Waals surface area contributed by atoms with Crippen LogP contribution in [0.1, 0.15) is 38.3 Å². The van der Waals surface area contributed by atoms with E-state index in [1.54, 1.807) is 29.2 Å². The molecule has 182 valence electrons. The Morgan fingerprint density at radius 1 is 1.00 bits per heavy atom. The Morgan fingerprint density at radius 3 is 2.21 bits per heavy atom. The van der Waals surface area contributed by atoms with Crippen LogP contribution in [-0.2, 0) is 23.5 Å². The molecule has 6 nitrogen and oxygen atoms in total. The zero-order chi connectivity index (χ0) is 24.9. The van der Waals surface area contributed by atoms with E-state index in [9.17, 15) is 13.2 Å². The Labute approximate surface area is 203 Å². The van der Waals surface area contributed by atoms with E-state index in [0.29, 0.717) is 24.1 Å². The number of rotatable bonds is 6. The number of hydrogen-bond donors (Lipinski definition) is 0. The van der Waals surface area contributed by atoms with Crippen LogP contribution in [0.25, 0.3) is 5.57 Å². The first-order valence-corrected chi connectivity index (χ1v) is 15.9. The van der Waals surface area contributed by atoms with Crippen molar-refractivity contribution in [2.45, 2.75) is 69.3 Å². The van der Waals surface area contributed by atoms with Crippen molar-refractivity contribution in [3.63, 3.8) is 0 Å². The molecule has 4 rings (SSSR count). The van der Waals surface area contributed by atoms with Gasteiger partial charge in [-0.05, 0) is 42.8 Å². The molecule has 8 heteroatoms.